The molecule has 1 aromatic heterocycles. The Morgan fingerprint density at radius 3 is 2.41 bits per heavy atom. The number of phenols is 1. The van der Waals surface area contributed by atoms with Gasteiger partial charge in [0.1, 0.15) is 28.2 Å². The van der Waals surface area contributed by atoms with Gasteiger partial charge in [0.15, 0.2) is 5.43 Å². The summed E-state index contributed by atoms with van der Waals surface area (Å²) in [6, 6.07) is 7.71. The fourth-order valence-electron chi connectivity index (χ4n) is 2.39. The number of hydrogen-bond donors (Lipinski definition) is 1. The normalized spacial score (nSPS) is 10.3. The summed E-state index contributed by atoms with van der Waals surface area (Å²) in [6.07, 6.45) is 0. The molecule has 6 nitrogen and oxygen atoms in total. The van der Waals surface area contributed by atoms with Gasteiger partial charge in [-0.15, -0.1) is 11.5 Å². The number of hydrogen-bond acceptors (Lipinski definition) is 6. The van der Waals surface area contributed by atoms with Gasteiger partial charge >= 0.3 is 59.1 Å². The maximum absolute atomic E-state index is 12.3. The van der Waals surface area contributed by atoms with E-state index in [9.17, 15) is 20.1 Å². The van der Waals surface area contributed by atoms with E-state index in [1.165, 1.54) is 24.3 Å². The summed E-state index contributed by atoms with van der Waals surface area (Å²) in [7, 11) is 0. The SMILES string of the molecule is CC(C)COc1cc(O)c2c(=O)cc(-c3ccc([O-])c([O-])c3)oc2c1.[Na+].[Na+]. The summed E-state index contributed by atoms with van der Waals surface area (Å²) in [5.41, 5.74) is -0.000643. The van der Waals surface area contributed by atoms with Gasteiger partial charge < -0.3 is 24.5 Å². The van der Waals surface area contributed by atoms with Gasteiger partial charge in [-0.25, -0.2) is 0 Å². The van der Waals surface area contributed by atoms with E-state index < -0.39 is 16.9 Å². The van der Waals surface area contributed by atoms with Crippen molar-refractivity contribution in [3.05, 3.63) is 46.6 Å². The second kappa shape index (κ2) is 9.87. The van der Waals surface area contributed by atoms with Gasteiger partial charge in [-0.05, 0) is 5.92 Å². The Kier molecular flexibility index (Phi) is 8.73. The fraction of sp³-hybridized carbons (Fsp3) is 0.211. The molecule has 0 bridgehead atoms. The summed E-state index contributed by atoms with van der Waals surface area (Å²) in [5, 5.41) is 32.9. The van der Waals surface area contributed by atoms with Gasteiger partial charge in [-0.2, -0.15) is 0 Å². The number of phenolic OH excluding ortho intramolecular Hbond substituents is 1. The van der Waals surface area contributed by atoms with Crippen LogP contribution in [0.1, 0.15) is 13.8 Å². The maximum atomic E-state index is 12.3. The first-order chi connectivity index (χ1) is 11.8. The van der Waals surface area contributed by atoms with E-state index in [4.69, 9.17) is 9.15 Å². The van der Waals surface area contributed by atoms with Crippen LogP contribution in [0.4, 0.5) is 0 Å². The molecule has 0 atom stereocenters. The molecule has 3 rings (SSSR count). The van der Waals surface area contributed by atoms with Gasteiger partial charge in [-0.1, -0.05) is 32.0 Å². The largest absolute Gasteiger partial charge is 1.00 e. The van der Waals surface area contributed by atoms with Crippen molar-refractivity contribution in [3.63, 3.8) is 0 Å². The van der Waals surface area contributed by atoms with Crippen molar-refractivity contribution >= 4 is 11.0 Å². The molecule has 0 aliphatic rings. The molecule has 1 N–H and O–H groups in total. The summed E-state index contributed by atoms with van der Waals surface area (Å²) in [5.74, 6) is -0.757. The van der Waals surface area contributed by atoms with E-state index in [-0.39, 0.29) is 87.5 Å². The molecule has 0 spiro atoms. The zero-order valence-corrected chi connectivity index (χ0v) is 19.7. The van der Waals surface area contributed by atoms with E-state index in [0.29, 0.717) is 17.9 Å². The second-order valence-electron chi connectivity index (χ2n) is 6.16. The Balaban J connectivity index is 0.00000182. The minimum atomic E-state index is -0.683. The van der Waals surface area contributed by atoms with Crippen LogP contribution in [0.2, 0.25) is 0 Å². The third-order valence-corrected chi connectivity index (χ3v) is 3.59. The van der Waals surface area contributed by atoms with E-state index in [0.717, 1.165) is 12.1 Å². The molecule has 2 aromatic carbocycles. The summed E-state index contributed by atoms with van der Waals surface area (Å²) in [6.45, 7) is 4.41. The molecule has 1 heterocycles. The Hall–Kier alpha value is -1.15. The zero-order chi connectivity index (χ0) is 18.1. The van der Waals surface area contributed by atoms with Crippen molar-refractivity contribution in [2.24, 2.45) is 5.92 Å². The van der Waals surface area contributed by atoms with Crippen LogP contribution in [0.5, 0.6) is 23.0 Å². The Bertz CT molecular complexity index is 997. The van der Waals surface area contributed by atoms with Crippen molar-refractivity contribution < 1.29 is 83.6 Å². The zero-order valence-electron chi connectivity index (χ0n) is 15.7. The smallest absolute Gasteiger partial charge is 0.873 e. The predicted molar refractivity (Wildman–Crippen MR) is 88.8 cm³/mol. The van der Waals surface area contributed by atoms with E-state index in [2.05, 4.69) is 0 Å². The number of fused-ring (bicyclic) bond motifs is 1. The third kappa shape index (κ3) is 5.44. The maximum Gasteiger partial charge on any atom is 1.00 e. The molecule has 3 aromatic rings. The van der Waals surface area contributed by atoms with Crippen LogP contribution in [-0.4, -0.2) is 11.7 Å². The average molecular weight is 386 g/mol. The first-order valence-corrected chi connectivity index (χ1v) is 7.77. The standard InChI is InChI=1S/C19H18O6.2Na/c1-10(2)9-24-12-6-15(22)19-16(23)8-17(25-18(19)7-12)11-3-4-13(20)14(21)5-11;;/h3-8,10,20-22H,9H2,1-2H3;;/q;2*+1/p-2. The van der Waals surface area contributed by atoms with Gasteiger partial charge in [0.25, 0.3) is 0 Å². The monoisotopic (exact) mass is 386 g/mol. The first kappa shape index (κ1) is 23.9. The van der Waals surface area contributed by atoms with Crippen LogP contribution >= 0.6 is 0 Å². The van der Waals surface area contributed by atoms with Gasteiger partial charge in [0.05, 0.1) is 6.61 Å². The van der Waals surface area contributed by atoms with Crippen molar-refractivity contribution in [2.45, 2.75) is 13.8 Å². The number of ether oxygens (including phenoxy) is 1. The molecular formula is C19H16Na2O6. The van der Waals surface area contributed by atoms with Crippen LogP contribution in [0, 0.1) is 5.92 Å². The first-order valence-electron chi connectivity index (χ1n) is 7.77. The molecule has 0 saturated heterocycles. The second-order valence-corrected chi connectivity index (χ2v) is 6.16. The van der Waals surface area contributed by atoms with Crippen molar-refractivity contribution in [1.29, 1.82) is 0 Å². The van der Waals surface area contributed by atoms with E-state index >= 15 is 0 Å². The molecule has 0 aliphatic heterocycles. The van der Waals surface area contributed by atoms with Gasteiger partial charge in [0, 0.05) is 23.8 Å². The van der Waals surface area contributed by atoms with Gasteiger partial charge in [0.2, 0.25) is 0 Å². The van der Waals surface area contributed by atoms with Crippen LogP contribution in [0.25, 0.3) is 22.3 Å². The van der Waals surface area contributed by atoms with E-state index in [1.54, 1.807) is 0 Å². The molecule has 0 fully saturated rings. The minimum absolute atomic E-state index is 0. The number of rotatable bonds is 4. The Labute approximate surface area is 200 Å². The number of aromatic hydroxyl groups is 1. The number of benzene rings is 2. The molecule has 130 valence electrons. The summed E-state index contributed by atoms with van der Waals surface area (Å²) in [4.78, 5) is 12.3. The average Bonchev–Trinajstić information content (AvgIpc) is 2.54. The van der Waals surface area contributed by atoms with Crippen molar-refractivity contribution in [2.75, 3.05) is 6.61 Å². The fourth-order valence-corrected chi connectivity index (χ4v) is 2.39. The van der Waals surface area contributed by atoms with Crippen molar-refractivity contribution in [3.8, 4) is 34.3 Å². The molecule has 0 radical (unpaired) electrons. The quantitative estimate of drug-likeness (QED) is 0.464. The van der Waals surface area contributed by atoms with Crippen molar-refractivity contribution in [1.82, 2.24) is 0 Å². The molecule has 0 aliphatic carbocycles. The third-order valence-electron chi connectivity index (χ3n) is 3.59. The molecular weight excluding hydrogens is 370 g/mol. The molecule has 0 unspecified atom stereocenters. The topological polar surface area (TPSA) is 106 Å². The summed E-state index contributed by atoms with van der Waals surface area (Å²) >= 11 is 0. The summed E-state index contributed by atoms with van der Waals surface area (Å²) < 4.78 is 11.2. The van der Waals surface area contributed by atoms with Gasteiger partial charge in [-0.3, -0.25) is 4.79 Å². The van der Waals surface area contributed by atoms with Crippen LogP contribution < -0.4 is 79.5 Å². The van der Waals surface area contributed by atoms with E-state index in [1.807, 2.05) is 13.8 Å². The molecule has 0 amide bonds. The minimum Gasteiger partial charge on any atom is -0.873 e. The molecule has 27 heavy (non-hydrogen) atoms. The molecule has 8 heteroatoms. The van der Waals surface area contributed by atoms with Crippen LogP contribution in [0.15, 0.2) is 45.6 Å². The Morgan fingerprint density at radius 1 is 1.07 bits per heavy atom. The molecule has 0 saturated carbocycles. The van der Waals surface area contributed by atoms with Crippen LogP contribution in [0.3, 0.4) is 0 Å². The Morgan fingerprint density at radius 2 is 1.78 bits per heavy atom. The van der Waals surface area contributed by atoms with Crippen LogP contribution in [-0.2, 0) is 0 Å². The predicted octanol–water partition coefficient (Wildman–Crippen LogP) is -3.64.